The third-order valence-electron chi connectivity index (χ3n) is 2.98. The molecule has 1 aliphatic heterocycles. The number of nitrogens with zero attached hydrogens (tertiary/aromatic N) is 1. The lowest BCUT2D eigenvalue weighted by Crippen LogP contribution is -2.42. The fourth-order valence-electron chi connectivity index (χ4n) is 2.30. The van der Waals surface area contributed by atoms with Gasteiger partial charge in [-0.1, -0.05) is 0 Å². The van der Waals surface area contributed by atoms with E-state index in [1.54, 1.807) is 0 Å². The molecule has 2 fully saturated rings. The van der Waals surface area contributed by atoms with Crippen LogP contribution in [0.3, 0.4) is 0 Å². The third-order valence-corrected chi connectivity index (χ3v) is 2.98. The number of amides is 1. The van der Waals surface area contributed by atoms with Crippen LogP contribution in [0.5, 0.6) is 0 Å². The number of carboxylic acid groups (broad SMARTS) is 1. The van der Waals surface area contributed by atoms with Gasteiger partial charge in [-0.3, -0.25) is 9.59 Å². The second-order valence-corrected chi connectivity index (χ2v) is 3.80. The fourth-order valence-corrected chi connectivity index (χ4v) is 2.30. The summed E-state index contributed by atoms with van der Waals surface area (Å²) < 4.78 is 36.2. The van der Waals surface area contributed by atoms with E-state index < -0.39 is 30.0 Å². The molecule has 1 aliphatic carbocycles. The Morgan fingerprint density at radius 3 is 2.33 bits per heavy atom. The predicted octanol–water partition coefficient (Wildman–Crippen LogP) is 0.480. The van der Waals surface area contributed by atoms with Gasteiger partial charge in [0.1, 0.15) is 0 Å². The first-order valence-electron chi connectivity index (χ1n) is 4.44. The van der Waals surface area contributed by atoms with Crippen LogP contribution in [-0.2, 0) is 9.59 Å². The molecule has 1 amide bonds. The second-order valence-electron chi connectivity index (χ2n) is 3.80. The predicted molar refractivity (Wildman–Crippen MR) is 40.8 cm³/mol. The van der Waals surface area contributed by atoms with Gasteiger partial charge < -0.3 is 10.0 Å². The third kappa shape index (κ3) is 1.46. The van der Waals surface area contributed by atoms with Crippen molar-refractivity contribution in [3.63, 3.8) is 0 Å². The van der Waals surface area contributed by atoms with E-state index in [-0.39, 0.29) is 12.5 Å². The van der Waals surface area contributed by atoms with Crippen molar-refractivity contribution in [1.82, 2.24) is 4.90 Å². The number of likely N-dealkylation sites (tertiary alicyclic amines) is 1. The summed E-state index contributed by atoms with van der Waals surface area (Å²) in [6, 6.07) is -0.739. The summed E-state index contributed by atoms with van der Waals surface area (Å²) >= 11 is 0. The molecule has 84 valence electrons. The van der Waals surface area contributed by atoms with Crippen LogP contribution in [0, 0.1) is 11.8 Å². The van der Waals surface area contributed by atoms with Gasteiger partial charge in [0.05, 0.1) is 5.92 Å². The summed E-state index contributed by atoms with van der Waals surface area (Å²) in [7, 11) is 0. The topological polar surface area (TPSA) is 57.6 Å². The molecule has 2 rings (SSSR count). The lowest BCUT2D eigenvalue weighted by atomic mass is 10.2. The number of piperidine rings is 1. The van der Waals surface area contributed by atoms with Crippen molar-refractivity contribution in [1.29, 1.82) is 0 Å². The van der Waals surface area contributed by atoms with Gasteiger partial charge in [0, 0.05) is 12.6 Å². The maximum Gasteiger partial charge on any atom is 0.471 e. The molecule has 0 unspecified atom stereocenters. The normalized spacial score (nSPS) is 33.8. The molecule has 2 aliphatic rings. The summed E-state index contributed by atoms with van der Waals surface area (Å²) in [5.74, 6) is -4.12. The van der Waals surface area contributed by atoms with Crippen LogP contribution >= 0.6 is 0 Å². The van der Waals surface area contributed by atoms with Crippen molar-refractivity contribution in [3.05, 3.63) is 0 Å². The molecule has 0 aromatic carbocycles. The smallest absolute Gasteiger partial charge is 0.471 e. The Hall–Kier alpha value is -1.27. The van der Waals surface area contributed by atoms with Gasteiger partial charge in [-0.2, -0.15) is 13.2 Å². The number of aliphatic carboxylic acids is 1. The van der Waals surface area contributed by atoms with Gasteiger partial charge in [0.25, 0.3) is 0 Å². The number of fused-ring (bicyclic) bond motifs is 1. The Morgan fingerprint density at radius 1 is 1.33 bits per heavy atom. The molecule has 4 nitrogen and oxygen atoms in total. The molecule has 1 heterocycles. The summed E-state index contributed by atoms with van der Waals surface area (Å²) in [5, 5.41) is 8.64. The molecule has 7 heteroatoms. The van der Waals surface area contributed by atoms with Crippen LogP contribution in [0.25, 0.3) is 0 Å². The van der Waals surface area contributed by atoms with Crippen molar-refractivity contribution in [2.24, 2.45) is 11.8 Å². The average Bonchev–Trinajstić information content (AvgIpc) is 2.67. The molecule has 0 bridgehead atoms. The fraction of sp³-hybridized carbons (Fsp3) is 0.750. The van der Waals surface area contributed by atoms with Gasteiger partial charge in [-0.05, 0) is 12.3 Å². The van der Waals surface area contributed by atoms with E-state index in [4.69, 9.17) is 5.11 Å². The van der Waals surface area contributed by atoms with E-state index in [2.05, 4.69) is 0 Å². The number of carbonyl (C=O) groups is 2. The van der Waals surface area contributed by atoms with E-state index in [1.807, 2.05) is 0 Å². The van der Waals surface area contributed by atoms with Crippen LogP contribution in [0.4, 0.5) is 13.2 Å². The molecular weight excluding hydrogens is 215 g/mol. The lowest BCUT2D eigenvalue weighted by molar-refractivity contribution is -0.185. The highest BCUT2D eigenvalue weighted by Gasteiger charge is 2.65. The zero-order chi connectivity index (χ0) is 11.4. The van der Waals surface area contributed by atoms with Crippen molar-refractivity contribution < 1.29 is 27.9 Å². The van der Waals surface area contributed by atoms with Crippen molar-refractivity contribution >= 4 is 11.9 Å². The molecular formula is C8H8F3NO3. The minimum Gasteiger partial charge on any atom is -0.481 e. The Kier molecular flexibility index (Phi) is 1.96. The van der Waals surface area contributed by atoms with Crippen LogP contribution in [-0.4, -0.2) is 40.6 Å². The Bertz CT molecular complexity index is 328. The number of hydrogen-bond acceptors (Lipinski definition) is 2. The van der Waals surface area contributed by atoms with E-state index in [9.17, 15) is 22.8 Å². The lowest BCUT2D eigenvalue weighted by Gasteiger charge is -2.20. The summed E-state index contributed by atoms with van der Waals surface area (Å²) in [6.45, 7) is 0.0114. The standard InChI is InChI=1S/C8H8F3NO3/c9-8(10,11)7(15)12-2-1-3-4(5(3)12)6(13)14/h3-5H,1-2H2,(H,13,14)/t3-,4-,5-/m1/s1. The molecule has 0 aromatic heterocycles. The van der Waals surface area contributed by atoms with E-state index in [0.717, 1.165) is 0 Å². The maximum atomic E-state index is 12.1. The highest BCUT2D eigenvalue weighted by molar-refractivity contribution is 5.85. The summed E-state index contributed by atoms with van der Waals surface area (Å²) in [5.41, 5.74) is 0. The van der Waals surface area contributed by atoms with Gasteiger partial charge in [-0.25, -0.2) is 0 Å². The largest absolute Gasteiger partial charge is 0.481 e. The van der Waals surface area contributed by atoms with Gasteiger partial charge in [0.15, 0.2) is 0 Å². The zero-order valence-corrected chi connectivity index (χ0v) is 7.49. The number of carboxylic acids is 1. The van der Waals surface area contributed by atoms with Crippen LogP contribution in [0.1, 0.15) is 6.42 Å². The van der Waals surface area contributed by atoms with Crippen LogP contribution in [0.2, 0.25) is 0 Å². The SMILES string of the molecule is O=C(O)[C@@H]1[C@H]2CCN(C(=O)C(F)(F)F)[C@H]21. The van der Waals surface area contributed by atoms with Gasteiger partial charge >= 0.3 is 18.1 Å². The molecule has 1 N–H and O–H groups in total. The average molecular weight is 223 g/mol. The van der Waals surface area contributed by atoms with E-state index in [1.165, 1.54) is 0 Å². The van der Waals surface area contributed by atoms with Crippen LogP contribution < -0.4 is 0 Å². The minimum atomic E-state index is -4.90. The molecule has 0 radical (unpaired) electrons. The van der Waals surface area contributed by atoms with Gasteiger partial charge in [0.2, 0.25) is 0 Å². The monoisotopic (exact) mass is 223 g/mol. The van der Waals surface area contributed by atoms with Crippen molar-refractivity contribution in [2.45, 2.75) is 18.6 Å². The number of hydrogen-bond donors (Lipinski definition) is 1. The molecule has 15 heavy (non-hydrogen) atoms. The molecule has 0 spiro atoms. The molecule has 1 saturated heterocycles. The number of rotatable bonds is 1. The number of alkyl halides is 3. The Balaban J connectivity index is 2.08. The first-order valence-corrected chi connectivity index (χ1v) is 4.44. The highest BCUT2D eigenvalue weighted by atomic mass is 19.4. The number of halogens is 3. The summed E-state index contributed by atoms with van der Waals surface area (Å²) in [6.07, 6.45) is -4.55. The highest BCUT2D eigenvalue weighted by Crippen LogP contribution is 2.51. The second kappa shape index (κ2) is 2.86. The first kappa shape index (κ1) is 10.3. The Morgan fingerprint density at radius 2 is 1.93 bits per heavy atom. The molecule has 3 atom stereocenters. The molecule has 0 aromatic rings. The van der Waals surface area contributed by atoms with Gasteiger partial charge in [-0.15, -0.1) is 0 Å². The molecule has 1 saturated carbocycles. The van der Waals surface area contributed by atoms with Crippen molar-refractivity contribution in [3.8, 4) is 0 Å². The van der Waals surface area contributed by atoms with E-state index in [0.29, 0.717) is 11.3 Å². The quantitative estimate of drug-likeness (QED) is 0.703. The zero-order valence-electron chi connectivity index (χ0n) is 7.49. The van der Waals surface area contributed by atoms with Crippen molar-refractivity contribution in [2.75, 3.05) is 6.54 Å². The Labute approximate surface area is 82.7 Å². The summed E-state index contributed by atoms with van der Waals surface area (Å²) in [4.78, 5) is 22.1. The first-order chi connectivity index (χ1) is 6.84. The van der Waals surface area contributed by atoms with Crippen LogP contribution in [0.15, 0.2) is 0 Å². The van der Waals surface area contributed by atoms with E-state index >= 15 is 0 Å². The number of carbonyl (C=O) groups excluding carboxylic acids is 1. The maximum absolute atomic E-state index is 12.1. The minimum absolute atomic E-state index is 0.0114.